The van der Waals surface area contributed by atoms with Crippen molar-refractivity contribution in [2.24, 2.45) is 5.92 Å². The molecule has 1 aromatic carbocycles. The standard InChI is InChI=1S/C19H26F4N2O.C4H4O4/c20-16-2-1-15(18(11-16)19(21,22)23)13-25(17-3-7-24-8-4-17)12-14-5-9-26-10-6-14;5-3(6)1-2-4(7)8/h1-2,11,14,17,24H,3-10,12-13H2;1-2H,(H,5,6)(H,7,8)/b;2-1+. The van der Waals surface area contributed by atoms with E-state index in [9.17, 15) is 27.2 Å². The molecule has 0 radical (unpaired) electrons. The van der Waals surface area contributed by atoms with Crippen molar-refractivity contribution in [3.05, 3.63) is 47.3 Å². The lowest BCUT2D eigenvalue weighted by Crippen LogP contribution is -2.45. The van der Waals surface area contributed by atoms with Crippen LogP contribution in [0.5, 0.6) is 0 Å². The highest BCUT2D eigenvalue weighted by atomic mass is 19.4. The molecule has 2 aliphatic rings. The lowest BCUT2D eigenvalue weighted by molar-refractivity contribution is -0.138. The third kappa shape index (κ3) is 9.78. The van der Waals surface area contributed by atoms with Gasteiger partial charge < -0.3 is 20.3 Å². The van der Waals surface area contributed by atoms with Crippen molar-refractivity contribution in [2.45, 2.75) is 44.4 Å². The largest absolute Gasteiger partial charge is 0.478 e. The number of hydrogen-bond acceptors (Lipinski definition) is 5. The summed E-state index contributed by atoms with van der Waals surface area (Å²) in [4.78, 5) is 21.3. The van der Waals surface area contributed by atoms with E-state index in [-0.39, 0.29) is 18.2 Å². The number of carbonyl (C=O) groups is 2. The molecule has 2 saturated heterocycles. The summed E-state index contributed by atoms with van der Waals surface area (Å²) in [7, 11) is 0. The van der Waals surface area contributed by atoms with E-state index in [4.69, 9.17) is 14.9 Å². The third-order valence-corrected chi connectivity index (χ3v) is 5.78. The lowest BCUT2D eigenvalue weighted by atomic mass is 9.95. The van der Waals surface area contributed by atoms with Gasteiger partial charge >= 0.3 is 18.1 Å². The first-order chi connectivity index (χ1) is 16.1. The summed E-state index contributed by atoms with van der Waals surface area (Å²) >= 11 is 0. The van der Waals surface area contributed by atoms with Crippen molar-refractivity contribution in [2.75, 3.05) is 32.8 Å². The Labute approximate surface area is 195 Å². The lowest BCUT2D eigenvalue weighted by Gasteiger charge is -2.38. The number of nitrogens with zero attached hydrogens (tertiary/aromatic N) is 1. The average Bonchev–Trinajstić information content (AvgIpc) is 2.79. The zero-order valence-electron chi connectivity index (χ0n) is 18.7. The Balaban J connectivity index is 0.000000440. The molecule has 2 aliphatic heterocycles. The molecule has 0 atom stereocenters. The Morgan fingerprint density at radius 1 is 1.06 bits per heavy atom. The van der Waals surface area contributed by atoms with Crippen molar-refractivity contribution in [1.29, 1.82) is 0 Å². The molecule has 2 heterocycles. The van der Waals surface area contributed by atoms with Crippen LogP contribution in [-0.2, 0) is 27.0 Å². The maximum Gasteiger partial charge on any atom is 0.416 e. The fourth-order valence-corrected chi connectivity index (χ4v) is 4.09. The van der Waals surface area contributed by atoms with Crippen LogP contribution in [0.3, 0.4) is 0 Å². The van der Waals surface area contributed by atoms with Gasteiger partial charge in [0.25, 0.3) is 0 Å². The second-order valence-corrected chi connectivity index (χ2v) is 8.28. The first-order valence-corrected chi connectivity index (χ1v) is 11.1. The van der Waals surface area contributed by atoms with Crippen molar-refractivity contribution in [3.8, 4) is 0 Å². The van der Waals surface area contributed by atoms with E-state index in [1.54, 1.807) is 0 Å². The summed E-state index contributed by atoms with van der Waals surface area (Å²) in [5, 5.41) is 18.9. The number of carboxylic acids is 2. The van der Waals surface area contributed by atoms with Crippen LogP contribution in [0.2, 0.25) is 0 Å². The maximum absolute atomic E-state index is 13.4. The molecule has 0 unspecified atom stereocenters. The van der Waals surface area contributed by atoms with Crippen LogP contribution < -0.4 is 5.32 Å². The minimum absolute atomic E-state index is 0.157. The van der Waals surface area contributed by atoms with Gasteiger partial charge in [-0.3, -0.25) is 4.90 Å². The molecule has 11 heteroatoms. The van der Waals surface area contributed by atoms with Crippen molar-refractivity contribution in [1.82, 2.24) is 10.2 Å². The number of piperidine rings is 1. The predicted octanol–water partition coefficient (Wildman–Crippen LogP) is 3.54. The summed E-state index contributed by atoms with van der Waals surface area (Å²) in [6.45, 7) is 4.17. The van der Waals surface area contributed by atoms with Gasteiger partial charge in [0.1, 0.15) is 5.82 Å². The topological polar surface area (TPSA) is 99.1 Å². The van der Waals surface area contributed by atoms with Crippen LogP contribution in [0.25, 0.3) is 0 Å². The molecule has 0 aliphatic carbocycles. The molecule has 34 heavy (non-hydrogen) atoms. The zero-order valence-corrected chi connectivity index (χ0v) is 18.7. The van der Waals surface area contributed by atoms with E-state index in [0.29, 0.717) is 24.1 Å². The fraction of sp³-hybridized carbons (Fsp3) is 0.565. The number of nitrogens with one attached hydrogen (secondary N) is 1. The summed E-state index contributed by atoms with van der Waals surface area (Å²) in [5.74, 6) is -2.92. The van der Waals surface area contributed by atoms with Crippen LogP contribution in [-0.4, -0.2) is 65.9 Å². The number of ether oxygens (including phenoxy) is 1. The Kier molecular flexibility index (Phi) is 10.9. The van der Waals surface area contributed by atoms with E-state index in [2.05, 4.69) is 10.2 Å². The van der Waals surface area contributed by atoms with Gasteiger partial charge in [-0.1, -0.05) is 6.07 Å². The molecule has 0 aromatic heterocycles. The maximum atomic E-state index is 13.4. The molecular weight excluding hydrogens is 460 g/mol. The van der Waals surface area contributed by atoms with Gasteiger partial charge in [-0.25, -0.2) is 14.0 Å². The van der Waals surface area contributed by atoms with Gasteiger partial charge in [0, 0.05) is 44.5 Å². The molecule has 190 valence electrons. The number of carboxylic acid groups (broad SMARTS) is 2. The Hall–Kier alpha value is -2.50. The summed E-state index contributed by atoms with van der Waals surface area (Å²) < 4.78 is 58.9. The highest BCUT2D eigenvalue weighted by Gasteiger charge is 2.35. The van der Waals surface area contributed by atoms with Crippen LogP contribution >= 0.6 is 0 Å². The van der Waals surface area contributed by atoms with Crippen molar-refractivity contribution >= 4 is 11.9 Å². The third-order valence-electron chi connectivity index (χ3n) is 5.78. The SMILES string of the molecule is Fc1ccc(CN(CC2CCOCC2)C2CCNCC2)c(C(F)(F)F)c1.O=C(O)/C=C/C(=O)O. The van der Waals surface area contributed by atoms with Crippen LogP contribution in [0.1, 0.15) is 36.8 Å². The second kappa shape index (κ2) is 13.4. The van der Waals surface area contributed by atoms with E-state index in [1.165, 1.54) is 6.07 Å². The summed E-state index contributed by atoms with van der Waals surface area (Å²) in [6, 6.07) is 3.28. The first kappa shape index (κ1) is 27.7. The molecule has 1 aromatic rings. The average molecular weight is 490 g/mol. The number of alkyl halides is 3. The van der Waals surface area contributed by atoms with E-state index >= 15 is 0 Å². The molecule has 0 spiro atoms. The smallest absolute Gasteiger partial charge is 0.416 e. The number of rotatable bonds is 7. The molecule has 3 N–H and O–H groups in total. The molecule has 0 amide bonds. The normalized spacial score (nSPS) is 18.0. The van der Waals surface area contributed by atoms with Crippen molar-refractivity contribution in [3.63, 3.8) is 0 Å². The number of benzene rings is 1. The molecule has 3 rings (SSSR count). The van der Waals surface area contributed by atoms with Gasteiger partial charge in [-0.05, 0) is 62.4 Å². The van der Waals surface area contributed by atoms with Crippen LogP contribution in [0.4, 0.5) is 17.6 Å². The van der Waals surface area contributed by atoms with Gasteiger partial charge in [-0.15, -0.1) is 0 Å². The van der Waals surface area contributed by atoms with E-state index in [0.717, 1.165) is 64.6 Å². The van der Waals surface area contributed by atoms with Gasteiger partial charge in [0.15, 0.2) is 0 Å². The second-order valence-electron chi connectivity index (χ2n) is 8.28. The van der Waals surface area contributed by atoms with E-state index < -0.39 is 29.5 Å². The number of halogens is 4. The monoisotopic (exact) mass is 490 g/mol. The zero-order chi connectivity index (χ0) is 25.1. The quantitative estimate of drug-likeness (QED) is 0.397. The fourth-order valence-electron chi connectivity index (χ4n) is 4.09. The van der Waals surface area contributed by atoms with Gasteiger partial charge in [-0.2, -0.15) is 13.2 Å². The van der Waals surface area contributed by atoms with E-state index in [1.807, 2.05) is 0 Å². The minimum Gasteiger partial charge on any atom is -0.478 e. The Morgan fingerprint density at radius 2 is 1.65 bits per heavy atom. The molecule has 7 nitrogen and oxygen atoms in total. The first-order valence-electron chi connectivity index (χ1n) is 11.1. The van der Waals surface area contributed by atoms with Crippen LogP contribution in [0.15, 0.2) is 30.4 Å². The highest BCUT2D eigenvalue weighted by molar-refractivity contribution is 5.89. The summed E-state index contributed by atoms with van der Waals surface area (Å²) in [6.07, 6.45) is 0.298. The summed E-state index contributed by atoms with van der Waals surface area (Å²) in [5.41, 5.74) is -0.701. The Bertz CT molecular complexity index is 819. The molecular formula is C23H30F4N2O5. The molecule has 0 saturated carbocycles. The van der Waals surface area contributed by atoms with Gasteiger partial charge in [0.2, 0.25) is 0 Å². The Morgan fingerprint density at radius 3 is 2.18 bits per heavy atom. The molecule has 0 bridgehead atoms. The number of aliphatic carboxylic acids is 2. The molecule has 2 fully saturated rings. The van der Waals surface area contributed by atoms with Crippen molar-refractivity contribution < 1.29 is 42.1 Å². The highest BCUT2D eigenvalue weighted by Crippen LogP contribution is 2.34. The minimum atomic E-state index is -4.55. The number of hydrogen-bond donors (Lipinski definition) is 3. The van der Waals surface area contributed by atoms with Gasteiger partial charge in [0.05, 0.1) is 5.56 Å². The van der Waals surface area contributed by atoms with Crippen LogP contribution in [0, 0.1) is 11.7 Å². The predicted molar refractivity (Wildman–Crippen MR) is 116 cm³/mol.